The van der Waals surface area contributed by atoms with E-state index in [2.05, 4.69) is 17.2 Å². The summed E-state index contributed by atoms with van der Waals surface area (Å²) in [6, 6.07) is 8.12. The highest BCUT2D eigenvalue weighted by atomic mass is 15.4. The molecule has 14 heavy (non-hydrogen) atoms. The van der Waals surface area contributed by atoms with Crippen LogP contribution in [0.1, 0.15) is 5.56 Å². The zero-order chi connectivity index (χ0) is 10.1. The van der Waals surface area contributed by atoms with E-state index in [4.69, 9.17) is 5.73 Å². The summed E-state index contributed by atoms with van der Waals surface area (Å²) in [5, 5.41) is 7.66. The number of nitrogens with two attached hydrogens (primary N) is 1. The molecule has 0 spiro atoms. The Hall–Kier alpha value is -1.84. The van der Waals surface area contributed by atoms with Crippen molar-refractivity contribution in [2.24, 2.45) is 7.05 Å². The van der Waals surface area contributed by atoms with Gasteiger partial charge >= 0.3 is 0 Å². The lowest BCUT2D eigenvalue weighted by Gasteiger charge is -2.02. The average molecular weight is 188 g/mol. The van der Waals surface area contributed by atoms with E-state index in [9.17, 15) is 0 Å². The Balaban J connectivity index is 2.54. The summed E-state index contributed by atoms with van der Waals surface area (Å²) < 4.78 is 1.68. The van der Waals surface area contributed by atoms with Crippen molar-refractivity contribution in [3.05, 3.63) is 29.8 Å². The van der Waals surface area contributed by atoms with Crippen LogP contribution in [0.15, 0.2) is 24.3 Å². The third kappa shape index (κ3) is 1.35. The van der Waals surface area contributed by atoms with Crippen LogP contribution in [-0.2, 0) is 7.05 Å². The first kappa shape index (κ1) is 8.74. The van der Waals surface area contributed by atoms with E-state index in [1.54, 1.807) is 4.68 Å². The van der Waals surface area contributed by atoms with Gasteiger partial charge < -0.3 is 5.73 Å². The summed E-state index contributed by atoms with van der Waals surface area (Å²) in [4.78, 5) is 0. The average Bonchev–Trinajstić information content (AvgIpc) is 2.49. The normalized spacial score (nSPS) is 10.4. The standard InChI is InChI=1S/C10H12N4/c1-7-3-5-8(6-4-7)9-10(11)12-13-14(9)2/h3-6H,11H2,1-2H3. The van der Waals surface area contributed by atoms with Crippen LogP contribution in [0.3, 0.4) is 0 Å². The molecule has 1 aromatic carbocycles. The van der Waals surface area contributed by atoms with Crippen LogP contribution >= 0.6 is 0 Å². The van der Waals surface area contributed by atoms with Crippen molar-refractivity contribution < 1.29 is 0 Å². The van der Waals surface area contributed by atoms with Crippen LogP contribution < -0.4 is 5.73 Å². The minimum Gasteiger partial charge on any atom is -0.380 e. The zero-order valence-corrected chi connectivity index (χ0v) is 8.23. The van der Waals surface area contributed by atoms with E-state index >= 15 is 0 Å². The Bertz CT molecular complexity index is 422. The topological polar surface area (TPSA) is 56.7 Å². The zero-order valence-electron chi connectivity index (χ0n) is 8.23. The molecule has 0 aliphatic carbocycles. The molecular formula is C10H12N4. The maximum Gasteiger partial charge on any atom is 0.174 e. The van der Waals surface area contributed by atoms with Crippen molar-refractivity contribution in [3.63, 3.8) is 0 Å². The van der Waals surface area contributed by atoms with Gasteiger partial charge in [-0.2, -0.15) is 0 Å². The summed E-state index contributed by atoms with van der Waals surface area (Å²) in [7, 11) is 1.83. The van der Waals surface area contributed by atoms with E-state index in [1.165, 1.54) is 5.56 Å². The summed E-state index contributed by atoms with van der Waals surface area (Å²) in [6.45, 7) is 2.05. The lowest BCUT2D eigenvalue weighted by Crippen LogP contribution is -1.95. The molecule has 2 rings (SSSR count). The molecule has 0 radical (unpaired) electrons. The van der Waals surface area contributed by atoms with Gasteiger partial charge in [0.05, 0.1) is 0 Å². The largest absolute Gasteiger partial charge is 0.380 e. The molecule has 2 N–H and O–H groups in total. The van der Waals surface area contributed by atoms with Crippen molar-refractivity contribution in [2.45, 2.75) is 6.92 Å². The van der Waals surface area contributed by atoms with Crippen LogP contribution in [0, 0.1) is 6.92 Å². The molecule has 4 nitrogen and oxygen atoms in total. The van der Waals surface area contributed by atoms with E-state index < -0.39 is 0 Å². The van der Waals surface area contributed by atoms with Crippen LogP contribution in [0.25, 0.3) is 11.3 Å². The molecule has 0 amide bonds. The summed E-state index contributed by atoms with van der Waals surface area (Å²) in [6.07, 6.45) is 0. The van der Waals surface area contributed by atoms with Gasteiger partial charge in [-0.15, -0.1) is 5.10 Å². The molecule has 2 aromatic rings. The fraction of sp³-hybridized carbons (Fsp3) is 0.200. The molecule has 0 atom stereocenters. The van der Waals surface area contributed by atoms with Crippen molar-refractivity contribution in [1.29, 1.82) is 0 Å². The minimum absolute atomic E-state index is 0.469. The number of nitrogens with zero attached hydrogens (tertiary/aromatic N) is 3. The highest BCUT2D eigenvalue weighted by molar-refractivity contribution is 5.69. The molecule has 0 aliphatic rings. The first-order valence-electron chi connectivity index (χ1n) is 4.40. The van der Waals surface area contributed by atoms with Gasteiger partial charge in [0.1, 0.15) is 5.69 Å². The Morgan fingerprint density at radius 2 is 1.86 bits per heavy atom. The summed E-state index contributed by atoms with van der Waals surface area (Å²) >= 11 is 0. The van der Waals surface area contributed by atoms with Gasteiger partial charge in [0, 0.05) is 12.6 Å². The Morgan fingerprint density at radius 1 is 1.21 bits per heavy atom. The Labute approximate surface area is 82.4 Å². The number of hydrogen-bond donors (Lipinski definition) is 1. The number of aryl methyl sites for hydroxylation is 2. The first-order chi connectivity index (χ1) is 6.68. The smallest absolute Gasteiger partial charge is 0.174 e. The fourth-order valence-corrected chi connectivity index (χ4v) is 1.42. The van der Waals surface area contributed by atoms with Crippen LogP contribution in [-0.4, -0.2) is 15.0 Å². The predicted octanol–water partition coefficient (Wildman–Crippen LogP) is 1.37. The number of hydrogen-bond acceptors (Lipinski definition) is 3. The molecule has 0 unspecified atom stereocenters. The lowest BCUT2D eigenvalue weighted by atomic mass is 10.1. The molecule has 0 saturated carbocycles. The number of aromatic nitrogens is 3. The number of rotatable bonds is 1. The third-order valence-corrected chi connectivity index (χ3v) is 2.18. The third-order valence-electron chi connectivity index (χ3n) is 2.18. The predicted molar refractivity (Wildman–Crippen MR) is 55.6 cm³/mol. The SMILES string of the molecule is Cc1ccc(-c2c(N)nnn2C)cc1. The molecule has 0 saturated heterocycles. The summed E-state index contributed by atoms with van der Waals surface area (Å²) in [5.74, 6) is 0.469. The molecule has 0 fully saturated rings. The van der Waals surface area contributed by atoms with E-state index in [0.717, 1.165) is 11.3 Å². The second kappa shape index (κ2) is 3.14. The molecule has 0 aliphatic heterocycles. The molecule has 1 aromatic heterocycles. The van der Waals surface area contributed by atoms with Gasteiger partial charge in [-0.05, 0) is 6.92 Å². The highest BCUT2D eigenvalue weighted by Gasteiger charge is 2.08. The van der Waals surface area contributed by atoms with Gasteiger partial charge in [0.25, 0.3) is 0 Å². The summed E-state index contributed by atoms with van der Waals surface area (Å²) in [5.41, 5.74) is 8.85. The number of anilines is 1. The molecule has 4 heteroatoms. The quantitative estimate of drug-likeness (QED) is 0.735. The van der Waals surface area contributed by atoms with Gasteiger partial charge in [-0.3, -0.25) is 0 Å². The molecule has 1 heterocycles. The highest BCUT2D eigenvalue weighted by Crippen LogP contribution is 2.22. The van der Waals surface area contributed by atoms with Gasteiger partial charge in [-0.1, -0.05) is 35.0 Å². The molecule has 0 bridgehead atoms. The Kier molecular flexibility index (Phi) is 1.96. The number of nitrogen functional groups attached to an aromatic ring is 1. The van der Waals surface area contributed by atoms with Gasteiger partial charge in [0.15, 0.2) is 5.82 Å². The second-order valence-electron chi connectivity index (χ2n) is 3.31. The van der Waals surface area contributed by atoms with E-state index in [-0.39, 0.29) is 0 Å². The first-order valence-corrected chi connectivity index (χ1v) is 4.40. The Morgan fingerprint density at radius 3 is 2.36 bits per heavy atom. The maximum absolute atomic E-state index is 5.72. The lowest BCUT2D eigenvalue weighted by molar-refractivity contribution is 0.721. The van der Waals surface area contributed by atoms with Crippen molar-refractivity contribution >= 4 is 5.82 Å². The van der Waals surface area contributed by atoms with Crippen LogP contribution in [0.5, 0.6) is 0 Å². The molecule has 72 valence electrons. The monoisotopic (exact) mass is 188 g/mol. The number of benzene rings is 1. The van der Waals surface area contributed by atoms with E-state index in [0.29, 0.717) is 5.82 Å². The van der Waals surface area contributed by atoms with Crippen molar-refractivity contribution in [2.75, 3.05) is 5.73 Å². The second-order valence-corrected chi connectivity index (χ2v) is 3.31. The minimum atomic E-state index is 0.469. The van der Waals surface area contributed by atoms with Gasteiger partial charge in [0.2, 0.25) is 0 Å². The maximum atomic E-state index is 5.72. The molecular weight excluding hydrogens is 176 g/mol. The van der Waals surface area contributed by atoms with Crippen LogP contribution in [0.4, 0.5) is 5.82 Å². The van der Waals surface area contributed by atoms with Gasteiger partial charge in [-0.25, -0.2) is 4.68 Å². The fourth-order valence-electron chi connectivity index (χ4n) is 1.42. The van der Waals surface area contributed by atoms with Crippen molar-refractivity contribution in [1.82, 2.24) is 15.0 Å². The van der Waals surface area contributed by atoms with Crippen molar-refractivity contribution in [3.8, 4) is 11.3 Å². The van der Waals surface area contributed by atoms with E-state index in [1.807, 2.05) is 31.3 Å². The van der Waals surface area contributed by atoms with Crippen LogP contribution in [0.2, 0.25) is 0 Å².